The molecule has 4 nitrogen and oxygen atoms in total. The van der Waals surface area contributed by atoms with Crippen LogP contribution < -0.4 is 5.56 Å². The van der Waals surface area contributed by atoms with Crippen molar-refractivity contribution in [1.82, 2.24) is 14.6 Å². The molecule has 1 aromatic carbocycles. The minimum absolute atomic E-state index is 0.0776. The summed E-state index contributed by atoms with van der Waals surface area (Å²) in [6, 6.07) is 9.33. The SMILES string of the molecule is O=c1c(Cc2cccc(Cl)c2)c(C2=CC=C2)nc2cc[nH]n12. The summed E-state index contributed by atoms with van der Waals surface area (Å²) < 4.78 is 1.46. The highest BCUT2D eigenvalue weighted by Crippen LogP contribution is 2.24. The van der Waals surface area contributed by atoms with Crippen LogP contribution in [0.3, 0.4) is 0 Å². The first-order valence-corrected chi connectivity index (χ1v) is 7.32. The number of fused-ring (bicyclic) bond motifs is 1. The first-order valence-electron chi connectivity index (χ1n) is 6.94. The van der Waals surface area contributed by atoms with E-state index in [2.05, 4.69) is 10.1 Å². The van der Waals surface area contributed by atoms with Crippen LogP contribution >= 0.6 is 11.6 Å². The lowest BCUT2D eigenvalue weighted by Gasteiger charge is -2.12. The van der Waals surface area contributed by atoms with Crippen molar-refractivity contribution in [1.29, 1.82) is 0 Å². The molecule has 1 aliphatic carbocycles. The van der Waals surface area contributed by atoms with E-state index in [1.807, 2.05) is 42.5 Å². The summed E-state index contributed by atoms with van der Waals surface area (Å²) in [5.74, 6) is 0. The summed E-state index contributed by atoms with van der Waals surface area (Å²) in [4.78, 5) is 17.4. The summed E-state index contributed by atoms with van der Waals surface area (Å²) in [5, 5.41) is 3.57. The lowest BCUT2D eigenvalue weighted by molar-refractivity contribution is 0.868. The Hall–Kier alpha value is -2.59. The molecule has 0 amide bonds. The fourth-order valence-corrected chi connectivity index (χ4v) is 2.81. The fourth-order valence-electron chi connectivity index (χ4n) is 2.59. The van der Waals surface area contributed by atoms with Gasteiger partial charge in [-0.3, -0.25) is 9.89 Å². The third-order valence-electron chi connectivity index (χ3n) is 3.73. The third kappa shape index (κ3) is 2.09. The van der Waals surface area contributed by atoms with Crippen molar-refractivity contribution in [3.63, 3.8) is 0 Å². The van der Waals surface area contributed by atoms with Crippen LogP contribution in [0, 0.1) is 0 Å². The minimum atomic E-state index is -0.0776. The summed E-state index contributed by atoms with van der Waals surface area (Å²) in [5.41, 5.74) is 3.92. The van der Waals surface area contributed by atoms with Crippen LogP contribution in [0.5, 0.6) is 0 Å². The molecule has 22 heavy (non-hydrogen) atoms. The van der Waals surface area contributed by atoms with Gasteiger partial charge in [0.25, 0.3) is 5.56 Å². The first kappa shape index (κ1) is 13.1. The van der Waals surface area contributed by atoms with Crippen LogP contribution in [0.25, 0.3) is 11.2 Å². The second-order valence-corrected chi connectivity index (χ2v) is 5.62. The maximum absolute atomic E-state index is 12.8. The molecule has 0 spiro atoms. The Labute approximate surface area is 131 Å². The number of aromatic amines is 1. The number of hydrogen-bond acceptors (Lipinski definition) is 2. The van der Waals surface area contributed by atoms with Gasteiger partial charge in [-0.05, 0) is 17.7 Å². The number of benzene rings is 1. The second-order valence-electron chi connectivity index (χ2n) is 5.19. The van der Waals surface area contributed by atoms with Gasteiger partial charge in [-0.25, -0.2) is 9.50 Å². The summed E-state index contributed by atoms with van der Waals surface area (Å²) in [6.45, 7) is 0. The topological polar surface area (TPSA) is 50.2 Å². The van der Waals surface area contributed by atoms with Gasteiger partial charge in [0.2, 0.25) is 0 Å². The maximum atomic E-state index is 12.8. The number of halogens is 1. The minimum Gasteiger partial charge on any atom is -0.297 e. The molecular formula is C17H12ClN3O. The van der Waals surface area contributed by atoms with Gasteiger partial charge >= 0.3 is 0 Å². The molecule has 0 bridgehead atoms. The molecule has 0 atom stereocenters. The van der Waals surface area contributed by atoms with Crippen molar-refractivity contribution < 1.29 is 0 Å². The molecule has 0 unspecified atom stereocenters. The maximum Gasteiger partial charge on any atom is 0.276 e. The van der Waals surface area contributed by atoms with Crippen molar-refractivity contribution in [3.05, 3.63) is 87.0 Å². The average Bonchev–Trinajstić information content (AvgIpc) is 2.90. The van der Waals surface area contributed by atoms with Gasteiger partial charge in [-0.1, -0.05) is 42.0 Å². The molecule has 108 valence electrons. The van der Waals surface area contributed by atoms with E-state index in [9.17, 15) is 4.79 Å². The Kier molecular flexibility index (Phi) is 2.98. The van der Waals surface area contributed by atoms with E-state index in [1.165, 1.54) is 4.52 Å². The molecular weight excluding hydrogens is 298 g/mol. The van der Waals surface area contributed by atoms with E-state index >= 15 is 0 Å². The number of allylic oxidation sites excluding steroid dienone is 4. The van der Waals surface area contributed by atoms with Gasteiger partial charge in [0.1, 0.15) is 0 Å². The van der Waals surface area contributed by atoms with Crippen LogP contribution in [0.2, 0.25) is 5.02 Å². The molecule has 0 fully saturated rings. The highest BCUT2D eigenvalue weighted by molar-refractivity contribution is 6.30. The van der Waals surface area contributed by atoms with Crippen LogP contribution in [0.4, 0.5) is 0 Å². The monoisotopic (exact) mass is 309 g/mol. The van der Waals surface area contributed by atoms with E-state index in [-0.39, 0.29) is 5.56 Å². The smallest absolute Gasteiger partial charge is 0.276 e. The highest BCUT2D eigenvalue weighted by Gasteiger charge is 2.17. The summed E-state index contributed by atoms with van der Waals surface area (Å²) in [6.07, 6.45) is 8.08. The normalized spacial score (nSPS) is 13.2. The fraction of sp³-hybridized carbons (Fsp3) is 0.0588. The van der Waals surface area contributed by atoms with Crippen LogP contribution in [-0.4, -0.2) is 14.6 Å². The number of aromatic nitrogens is 3. The molecule has 3 aromatic rings. The third-order valence-corrected chi connectivity index (χ3v) is 3.97. The quantitative estimate of drug-likeness (QED) is 0.807. The van der Waals surface area contributed by atoms with Gasteiger partial charge in [-0.15, -0.1) is 0 Å². The zero-order valence-corrected chi connectivity index (χ0v) is 12.3. The Morgan fingerprint density at radius 1 is 1.27 bits per heavy atom. The molecule has 1 aliphatic rings. The van der Waals surface area contributed by atoms with Gasteiger partial charge in [0.15, 0.2) is 5.65 Å². The van der Waals surface area contributed by atoms with E-state index in [4.69, 9.17) is 11.6 Å². The van der Waals surface area contributed by atoms with Crippen molar-refractivity contribution >= 4 is 22.8 Å². The van der Waals surface area contributed by atoms with E-state index in [0.717, 1.165) is 16.8 Å². The predicted octanol–water partition coefficient (Wildman–Crippen LogP) is 3.22. The van der Waals surface area contributed by atoms with Gasteiger partial charge in [0, 0.05) is 29.3 Å². The van der Waals surface area contributed by atoms with E-state index < -0.39 is 0 Å². The van der Waals surface area contributed by atoms with Crippen molar-refractivity contribution in [2.45, 2.75) is 6.42 Å². The van der Waals surface area contributed by atoms with Crippen LogP contribution in [-0.2, 0) is 6.42 Å². The molecule has 1 N–H and O–H groups in total. The summed E-state index contributed by atoms with van der Waals surface area (Å²) >= 11 is 6.04. The zero-order chi connectivity index (χ0) is 15.1. The molecule has 0 saturated carbocycles. The zero-order valence-electron chi connectivity index (χ0n) is 11.6. The standard InChI is InChI=1S/C17H12ClN3O/c18-13-6-1-3-11(9-13)10-14-16(12-4-2-5-12)20-15-7-8-19-21(15)17(14)22/h1-9,19H,10H2. The van der Waals surface area contributed by atoms with Crippen LogP contribution in [0.1, 0.15) is 16.8 Å². The van der Waals surface area contributed by atoms with Crippen molar-refractivity contribution in [3.8, 4) is 0 Å². The Balaban J connectivity index is 1.90. The van der Waals surface area contributed by atoms with E-state index in [0.29, 0.717) is 22.7 Å². The van der Waals surface area contributed by atoms with Gasteiger partial charge in [-0.2, -0.15) is 0 Å². The Bertz CT molecular complexity index is 995. The number of nitrogens with one attached hydrogen (secondary N) is 1. The van der Waals surface area contributed by atoms with Gasteiger partial charge < -0.3 is 0 Å². The largest absolute Gasteiger partial charge is 0.297 e. The molecule has 0 radical (unpaired) electrons. The molecule has 0 saturated heterocycles. The number of hydrogen-bond donors (Lipinski definition) is 1. The molecule has 5 heteroatoms. The Morgan fingerprint density at radius 2 is 2.14 bits per heavy atom. The number of rotatable bonds is 3. The molecule has 0 aliphatic heterocycles. The van der Waals surface area contributed by atoms with E-state index in [1.54, 1.807) is 12.3 Å². The van der Waals surface area contributed by atoms with Crippen LogP contribution in [0.15, 0.2) is 59.6 Å². The molecule has 2 aromatic heterocycles. The lowest BCUT2D eigenvalue weighted by Crippen LogP contribution is -2.23. The number of nitrogens with zero attached hydrogens (tertiary/aromatic N) is 2. The number of H-pyrrole nitrogens is 1. The second kappa shape index (κ2) is 5.00. The average molecular weight is 310 g/mol. The lowest BCUT2D eigenvalue weighted by atomic mass is 9.97. The highest BCUT2D eigenvalue weighted by atomic mass is 35.5. The van der Waals surface area contributed by atoms with Gasteiger partial charge in [0.05, 0.1) is 11.3 Å². The summed E-state index contributed by atoms with van der Waals surface area (Å²) in [7, 11) is 0. The Morgan fingerprint density at radius 3 is 2.86 bits per heavy atom. The molecule has 2 heterocycles. The molecule has 4 rings (SSSR count). The first-order chi connectivity index (χ1) is 10.7. The predicted molar refractivity (Wildman–Crippen MR) is 87.2 cm³/mol. The van der Waals surface area contributed by atoms with Crippen molar-refractivity contribution in [2.24, 2.45) is 0 Å². The van der Waals surface area contributed by atoms with Crippen molar-refractivity contribution in [2.75, 3.05) is 0 Å².